The number of hydrogen-bond donors (Lipinski definition) is 0. The molecule has 15 heavy (non-hydrogen) atoms. The standard InChI is InChI=1S/C10H12ClN3O/c1-7-10(15-8(2)13-7)5-14-4-9(3-11)12-6-14/h4,6H,3,5H2,1-2H3. The third-order valence-electron chi connectivity index (χ3n) is 2.15. The minimum atomic E-state index is 0.432. The molecule has 0 aliphatic heterocycles. The van der Waals surface area contributed by atoms with Gasteiger partial charge in [0.15, 0.2) is 5.89 Å². The molecular formula is C10H12ClN3O. The highest BCUT2D eigenvalue weighted by atomic mass is 35.5. The summed E-state index contributed by atoms with van der Waals surface area (Å²) >= 11 is 5.67. The van der Waals surface area contributed by atoms with E-state index in [1.807, 2.05) is 24.6 Å². The maximum atomic E-state index is 5.67. The van der Waals surface area contributed by atoms with Crippen molar-refractivity contribution in [1.29, 1.82) is 0 Å². The second-order valence-electron chi connectivity index (χ2n) is 3.41. The van der Waals surface area contributed by atoms with Crippen LogP contribution in [0.25, 0.3) is 0 Å². The van der Waals surface area contributed by atoms with Crippen LogP contribution in [0.3, 0.4) is 0 Å². The lowest BCUT2D eigenvalue weighted by atomic mass is 10.3. The van der Waals surface area contributed by atoms with Crippen LogP contribution < -0.4 is 0 Å². The van der Waals surface area contributed by atoms with Crippen molar-refractivity contribution in [3.05, 3.63) is 35.6 Å². The highest BCUT2D eigenvalue weighted by Gasteiger charge is 2.07. The zero-order valence-corrected chi connectivity index (χ0v) is 9.45. The summed E-state index contributed by atoms with van der Waals surface area (Å²) < 4.78 is 7.40. The smallest absolute Gasteiger partial charge is 0.191 e. The molecule has 5 heteroatoms. The van der Waals surface area contributed by atoms with E-state index in [1.165, 1.54) is 0 Å². The van der Waals surface area contributed by atoms with E-state index < -0.39 is 0 Å². The molecule has 4 nitrogen and oxygen atoms in total. The Morgan fingerprint density at radius 1 is 1.47 bits per heavy atom. The van der Waals surface area contributed by atoms with E-state index >= 15 is 0 Å². The third-order valence-corrected chi connectivity index (χ3v) is 2.42. The first-order valence-electron chi connectivity index (χ1n) is 4.68. The number of rotatable bonds is 3. The number of aromatic nitrogens is 3. The fourth-order valence-corrected chi connectivity index (χ4v) is 1.59. The first-order chi connectivity index (χ1) is 7.19. The zero-order chi connectivity index (χ0) is 10.8. The van der Waals surface area contributed by atoms with Crippen molar-refractivity contribution >= 4 is 11.6 Å². The summed E-state index contributed by atoms with van der Waals surface area (Å²) in [4.78, 5) is 8.34. The summed E-state index contributed by atoms with van der Waals surface area (Å²) in [6.07, 6.45) is 3.65. The Morgan fingerprint density at radius 3 is 2.80 bits per heavy atom. The van der Waals surface area contributed by atoms with Gasteiger partial charge in [0.25, 0.3) is 0 Å². The fraction of sp³-hybridized carbons (Fsp3) is 0.400. The van der Waals surface area contributed by atoms with E-state index in [1.54, 1.807) is 6.33 Å². The first kappa shape index (κ1) is 10.2. The average Bonchev–Trinajstić information content (AvgIpc) is 2.75. The van der Waals surface area contributed by atoms with Crippen LogP contribution in [0.1, 0.15) is 23.0 Å². The summed E-state index contributed by atoms with van der Waals surface area (Å²) in [6, 6.07) is 0. The Balaban J connectivity index is 2.17. The minimum Gasteiger partial charge on any atom is -0.444 e. The number of hydrogen-bond acceptors (Lipinski definition) is 3. The van der Waals surface area contributed by atoms with Gasteiger partial charge in [0.2, 0.25) is 0 Å². The lowest BCUT2D eigenvalue weighted by Crippen LogP contribution is -1.96. The molecule has 0 amide bonds. The maximum Gasteiger partial charge on any atom is 0.191 e. The van der Waals surface area contributed by atoms with Gasteiger partial charge in [-0.15, -0.1) is 11.6 Å². The van der Waals surface area contributed by atoms with Gasteiger partial charge in [-0.25, -0.2) is 9.97 Å². The Kier molecular flexibility index (Phi) is 2.77. The monoisotopic (exact) mass is 225 g/mol. The molecule has 2 rings (SSSR count). The number of imidazole rings is 1. The van der Waals surface area contributed by atoms with Crippen LogP contribution in [0.2, 0.25) is 0 Å². The van der Waals surface area contributed by atoms with Gasteiger partial charge in [-0.05, 0) is 6.92 Å². The fourth-order valence-electron chi connectivity index (χ4n) is 1.45. The summed E-state index contributed by atoms with van der Waals surface area (Å²) in [5, 5.41) is 0. The summed E-state index contributed by atoms with van der Waals surface area (Å²) in [5.74, 6) is 1.99. The van der Waals surface area contributed by atoms with E-state index in [2.05, 4.69) is 9.97 Å². The van der Waals surface area contributed by atoms with Gasteiger partial charge < -0.3 is 8.98 Å². The Hall–Kier alpha value is -1.29. The highest BCUT2D eigenvalue weighted by molar-refractivity contribution is 6.16. The predicted octanol–water partition coefficient (Wildman–Crippen LogP) is 2.28. The molecule has 0 bridgehead atoms. The lowest BCUT2D eigenvalue weighted by molar-refractivity contribution is 0.461. The van der Waals surface area contributed by atoms with Crippen molar-refractivity contribution in [2.75, 3.05) is 0 Å². The van der Waals surface area contributed by atoms with Crippen molar-refractivity contribution in [1.82, 2.24) is 14.5 Å². The van der Waals surface area contributed by atoms with Gasteiger partial charge in [0.1, 0.15) is 5.76 Å². The van der Waals surface area contributed by atoms with Crippen LogP contribution in [-0.4, -0.2) is 14.5 Å². The Bertz CT molecular complexity index is 461. The molecule has 80 valence electrons. The van der Waals surface area contributed by atoms with Crippen molar-refractivity contribution in [3.63, 3.8) is 0 Å². The third kappa shape index (κ3) is 2.21. The van der Waals surface area contributed by atoms with Crippen LogP contribution in [0.5, 0.6) is 0 Å². The van der Waals surface area contributed by atoms with E-state index in [4.69, 9.17) is 16.0 Å². The first-order valence-corrected chi connectivity index (χ1v) is 5.22. The second-order valence-corrected chi connectivity index (χ2v) is 3.68. The molecule has 0 N–H and O–H groups in total. The van der Waals surface area contributed by atoms with Gasteiger partial charge in [-0.1, -0.05) is 0 Å². The molecule has 2 aromatic rings. The van der Waals surface area contributed by atoms with Gasteiger partial charge in [0.05, 0.1) is 30.1 Å². The molecule has 0 aliphatic rings. The van der Waals surface area contributed by atoms with E-state index in [9.17, 15) is 0 Å². The minimum absolute atomic E-state index is 0.432. The number of nitrogens with zero attached hydrogens (tertiary/aromatic N) is 3. The summed E-state index contributed by atoms with van der Waals surface area (Å²) in [7, 11) is 0. The molecular weight excluding hydrogens is 214 g/mol. The molecule has 0 unspecified atom stereocenters. The van der Waals surface area contributed by atoms with E-state index in [-0.39, 0.29) is 0 Å². The van der Waals surface area contributed by atoms with Crippen LogP contribution >= 0.6 is 11.6 Å². The average molecular weight is 226 g/mol. The quantitative estimate of drug-likeness (QED) is 0.753. The van der Waals surface area contributed by atoms with Crippen molar-refractivity contribution in [2.45, 2.75) is 26.3 Å². The predicted molar refractivity (Wildman–Crippen MR) is 56.9 cm³/mol. The number of aryl methyl sites for hydroxylation is 2. The molecule has 0 fully saturated rings. The number of halogens is 1. The Labute approximate surface area is 92.9 Å². The van der Waals surface area contributed by atoms with E-state index in [0.29, 0.717) is 18.3 Å². The lowest BCUT2D eigenvalue weighted by Gasteiger charge is -1.98. The zero-order valence-electron chi connectivity index (χ0n) is 8.70. The van der Waals surface area contributed by atoms with Gasteiger partial charge in [-0.3, -0.25) is 0 Å². The summed E-state index contributed by atoms with van der Waals surface area (Å²) in [5.41, 5.74) is 1.79. The molecule has 0 aliphatic carbocycles. The van der Waals surface area contributed by atoms with Gasteiger partial charge >= 0.3 is 0 Å². The van der Waals surface area contributed by atoms with Crippen molar-refractivity contribution in [3.8, 4) is 0 Å². The molecule has 0 aromatic carbocycles. The van der Waals surface area contributed by atoms with Crippen molar-refractivity contribution in [2.24, 2.45) is 0 Å². The molecule has 0 saturated carbocycles. The summed E-state index contributed by atoms with van der Waals surface area (Å²) in [6.45, 7) is 4.43. The number of oxazole rings is 1. The van der Waals surface area contributed by atoms with Gasteiger partial charge in [-0.2, -0.15) is 0 Å². The van der Waals surface area contributed by atoms with E-state index in [0.717, 1.165) is 17.1 Å². The molecule has 0 atom stereocenters. The van der Waals surface area contributed by atoms with Gasteiger partial charge in [0, 0.05) is 13.1 Å². The van der Waals surface area contributed by atoms with Crippen molar-refractivity contribution < 1.29 is 4.42 Å². The van der Waals surface area contributed by atoms with Crippen LogP contribution in [0, 0.1) is 13.8 Å². The molecule has 0 saturated heterocycles. The molecule has 2 aromatic heterocycles. The molecule has 0 spiro atoms. The molecule has 2 heterocycles. The van der Waals surface area contributed by atoms with Crippen LogP contribution in [0.15, 0.2) is 16.9 Å². The maximum absolute atomic E-state index is 5.67. The largest absolute Gasteiger partial charge is 0.444 e. The Morgan fingerprint density at radius 2 is 2.27 bits per heavy atom. The highest BCUT2D eigenvalue weighted by Crippen LogP contribution is 2.11. The molecule has 0 radical (unpaired) electrons. The second kappa shape index (κ2) is 4.06. The normalized spacial score (nSPS) is 10.9. The topological polar surface area (TPSA) is 43.9 Å². The SMILES string of the molecule is Cc1nc(C)c(Cn2cnc(CCl)c2)o1. The number of alkyl halides is 1. The van der Waals surface area contributed by atoms with Crippen LogP contribution in [-0.2, 0) is 12.4 Å². The van der Waals surface area contributed by atoms with Crippen LogP contribution in [0.4, 0.5) is 0 Å².